The monoisotopic (exact) mass is 298 g/mol. The van der Waals surface area contributed by atoms with Crippen LogP contribution in [0.25, 0.3) is 0 Å². The third-order valence-electron chi connectivity index (χ3n) is 4.31. The Balaban J connectivity index is 2.60. The fourth-order valence-electron chi connectivity index (χ4n) is 3.25. The van der Waals surface area contributed by atoms with Crippen LogP contribution >= 0.6 is 0 Å². The van der Waals surface area contributed by atoms with Gasteiger partial charge in [-0.3, -0.25) is 0 Å². The second-order valence-corrected chi connectivity index (χ2v) is 7.30. The highest BCUT2D eigenvalue weighted by molar-refractivity contribution is 5.68. The zero-order valence-electron chi connectivity index (χ0n) is 14.5. The zero-order chi connectivity index (χ0) is 15.9. The van der Waals surface area contributed by atoms with Gasteiger partial charge in [-0.05, 0) is 46.6 Å². The van der Waals surface area contributed by atoms with Gasteiger partial charge in [0.15, 0.2) is 0 Å². The fraction of sp³-hybridized carbons (Fsp3) is 0.941. The third kappa shape index (κ3) is 7.16. The molecule has 1 rings (SSSR count). The van der Waals surface area contributed by atoms with Crippen LogP contribution in [0.2, 0.25) is 0 Å². The Morgan fingerprint density at radius 2 is 1.81 bits per heavy atom. The smallest absolute Gasteiger partial charge is 0.407 e. The minimum Gasteiger partial charge on any atom is -0.444 e. The molecule has 4 nitrogen and oxygen atoms in total. The molecule has 1 fully saturated rings. The van der Waals surface area contributed by atoms with E-state index in [4.69, 9.17) is 4.74 Å². The van der Waals surface area contributed by atoms with Gasteiger partial charge in [-0.1, -0.05) is 39.0 Å². The van der Waals surface area contributed by atoms with Gasteiger partial charge in [0.2, 0.25) is 0 Å². The normalized spacial score (nSPS) is 19.9. The molecule has 0 radical (unpaired) electrons. The Labute approximate surface area is 130 Å². The van der Waals surface area contributed by atoms with Crippen molar-refractivity contribution in [2.75, 3.05) is 7.05 Å². The van der Waals surface area contributed by atoms with E-state index in [0.29, 0.717) is 6.04 Å². The van der Waals surface area contributed by atoms with Crippen LogP contribution in [0.4, 0.5) is 4.79 Å². The summed E-state index contributed by atoms with van der Waals surface area (Å²) in [5.41, 5.74) is -0.444. The molecule has 1 amide bonds. The van der Waals surface area contributed by atoms with Crippen LogP contribution in [-0.2, 0) is 4.74 Å². The van der Waals surface area contributed by atoms with E-state index in [1.54, 1.807) is 0 Å². The molecule has 0 unspecified atom stereocenters. The topological polar surface area (TPSA) is 50.4 Å². The maximum absolute atomic E-state index is 12.1. The van der Waals surface area contributed by atoms with Gasteiger partial charge in [0.05, 0.1) is 0 Å². The molecule has 0 heterocycles. The molecule has 1 saturated carbocycles. The fourth-order valence-corrected chi connectivity index (χ4v) is 3.25. The number of rotatable bonds is 6. The Kier molecular flexibility index (Phi) is 7.50. The summed E-state index contributed by atoms with van der Waals surface area (Å²) in [6, 6.07) is 0.456. The molecular formula is C17H34N2O2. The van der Waals surface area contributed by atoms with Crippen molar-refractivity contribution >= 4 is 6.09 Å². The average Bonchev–Trinajstić information content (AvgIpc) is 2.39. The standard InChI is InChI=1S/C17H34N2O2/c1-6-14(18-5)15(12-13-10-8-7-9-11-13)19-16(20)21-17(2,3)4/h13-15,18H,6-12H2,1-5H3,(H,19,20)/t14-,15-/m0/s1. The van der Waals surface area contributed by atoms with E-state index in [2.05, 4.69) is 17.6 Å². The van der Waals surface area contributed by atoms with Gasteiger partial charge in [-0.15, -0.1) is 0 Å². The van der Waals surface area contributed by atoms with E-state index in [1.165, 1.54) is 32.1 Å². The van der Waals surface area contributed by atoms with Gasteiger partial charge in [0.1, 0.15) is 5.60 Å². The molecule has 2 N–H and O–H groups in total. The van der Waals surface area contributed by atoms with Crippen molar-refractivity contribution in [3.05, 3.63) is 0 Å². The van der Waals surface area contributed by atoms with E-state index in [1.807, 2.05) is 27.8 Å². The lowest BCUT2D eigenvalue weighted by atomic mass is 9.83. The van der Waals surface area contributed by atoms with Crippen LogP contribution in [0.15, 0.2) is 0 Å². The summed E-state index contributed by atoms with van der Waals surface area (Å²) < 4.78 is 5.42. The van der Waals surface area contributed by atoms with Gasteiger partial charge in [0, 0.05) is 12.1 Å². The molecule has 21 heavy (non-hydrogen) atoms. The highest BCUT2D eigenvalue weighted by atomic mass is 16.6. The predicted octanol–water partition coefficient (Wildman–Crippen LogP) is 3.85. The van der Waals surface area contributed by atoms with Crippen molar-refractivity contribution in [3.8, 4) is 0 Å². The van der Waals surface area contributed by atoms with Crippen molar-refractivity contribution in [1.29, 1.82) is 0 Å². The third-order valence-corrected chi connectivity index (χ3v) is 4.31. The number of amides is 1. The van der Waals surface area contributed by atoms with E-state index in [0.717, 1.165) is 18.8 Å². The summed E-state index contributed by atoms with van der Waals surface area (Å²) in [7, 11) is 1.97. The Morgan fingerprint density at radius 3 is 2.29 bits per heavy atom. The van der Waals surface area contributed by atoms with E-state index >= 15 is 0 Å². The van der Waals surface area contributed by atoms with Gasteiger partial charge in [-0.25, -0.2) is 4.79 Å². The summed E-state index contributed by atoms with van der Waals surface area (Å²) >= 11 is 0. The van der Waals surface area contributed by atoms with Gasteiger partial charge >= 0.3 is 6.09 Å². The minimum absolute atomic E-state index is 0.151. The molecule has 124 valence electrons. The van der Waals surface area contributed by atoms with Crippen molar-refractivity contribution in [1.82, 2.24) is 10.6 Å². The van der Waals surface area contributed by atoms with Gasteiger partial charge in [-0.2, -0.15) is 0 Å². The molecule has 2 atom stereocenters. The molecule has 0 aromatic heterocycles. The highest BCUT2D eigenvalue weighted by Gasteiger charge is 2.27. The molecule has 0 bridgehead atoms. The maximum Gasteiger partial charge on any atom is 0.407 e. The summed E-state index contributed by atoms with van der Waals surface area (Å²) in [6.45, 7) is 7.86. The lowest BCUT2D eigenvalue weighted by Gasteiger charge is -2.32. The first-order chi connectivity index (χ1) is 9.85. The molecule has 0 saturated heterocycles. The van der Waals surface area contributed by atoms with Crippen molar-refractivity contribution in [2.24, 2.45) is 5.92 Å². The molecule has 4 heteroatoms. The van der Waals surface area contributed by atoms with E-state index in [9.17, 15) is 4.79 Å². The van der Waals surface area contributed by atoms with Crippen LogP contribution in [-0.4, -0.2) is 30.8 Å². The Morgan fingerprint density at radius 1 is 1.19 bits per heavy atom. The Hall–Kier alpha value is -0.770. The molecule has 1 aliphatic rings. The lowest BCUT2D eigenvalue weighted by Crippen LogP contribution is -2.50. The molecule has 1 aliphatic carbocycles. The first-order valence-corrected chi connectivity index (χ1v) is 8.52. The highest BCUT2D eigenvalue weighted by Crippen LogP contribution is 2.28. The predicted molar refractivity (Wildman–Crippen MR) is 87.5 cm³/mol. The summed E-state index contributed by atoms with van der Waals surface area (Å²) in [5.74, 6) is 0.737. The minimum atomic E-state index is -0.444. The number of carbonyl (C=O) groups is 1. The van der Waals surface area contributed by atoms with Crippen LogP contribution in [0, 0.1) is 5.92 Å². The van der Waals surface area contributed by atoms with Crippen molar-refractivity contribution in [3.63, 3.8) is 0 Å². The van der Waals surface area contributed by atoms with Crippen LogP contribution in [0.5, 0.6) is 0 Å². The first-order valence-electron chi connectivity index (χ1n) is 8.52. The zero-order valence-corrected chi connectivity index (χ0v) is 14.5. The summed E-state index contributed by atoms with van der Waals surface area (Å²) in [4.78, 5) is 12.1. The number of hydrogen-bond donors (Lipinski definition) is 2. The average molecular weight is 298 g/mol. The molecule has 0 aromatic carbocycles. The number of likely N-dealkylation sites (N-methyl/N-ethyl adjacent to an activating group) is 1. The SMILES string of the molecule is CC[C@H](NC)[C@H](CC1CCCCC1)NC(=O)OC(C)(C)C. The second-order valence-electron chi connectivity index (χ2n) is 7.30. The number of alkyl carbamates (subject to hydrolysis) is 1. The van der Waals surface area contributed by atoms with Crippen molar-refractivity contribution in [2.45, 2.75) is 90.3 Å². The van der Waals surface area contributed by atoms with Gasteiger partial charge < -0.3 is 15.4 Å². The van der Waals surface area contributed by atoms with Crippen LogP contribution < -0.4 is 10.6 Å². The Bertz CT molecular complexity index is 302. The molecule has 0 aliphatic heterocycles. The van der Waals surface area contributed by atoms with E-state index < -0.39 is 5.60 Å². The summed E-state index contributed by atoms with van der Waals surface area (Å²) in [5, 5.41) is 6.44. The van der Waals surface area contributed by atoms with Crippen molar-refractivity contribution < 1.29 is 9.53 Å². The number of ether oxygens (including phenoxy) is 1. The molecule has 0 aromatic rings. The molecule has 0 spiro atoms. The number of carbonyl (C=O) groups excluding carboxylic acids is 1. The second kappa shape index (κ2) is 8.62. The van der Waals surface area contributed by atoms with Gasteiger partial charge in [0.25, 0.3) is 0 Å². The largest absolute Gasteiger partial charge is 0.444 e. The number of hydrogen-bond acceptors (Lipinski definition) is 3. The first kappa shape index (κ1) is 18.3. The van der Waals surface area contributed by atoms with E-state index in [-0.39, 0.29) is 12.1 Å². The lowest BCUT2D eigenvalue weighted by molar-refractivity contribution is 0.0481. The van der Waals surface area contributed by atoms with Crippen LogP contribution in [0.3, 0.4) is 0 Å². The maximum atomic E-state index is 12.1. The quantitative estimate of drug-likeness (QED) is 0.783. The van der Waals surface area contributed by atoms with Crippen LogP contribution in [0.1, 0.15) is 72.6 Å². The number of nitrogens with one attached hydrogen (secondary N) is 2. The summed E-state index contributed by atoms with van der Waals surface area (Å²) in [6.07, 6.45) is 8.39. The molecular weight excluding hydrogens is 264 g/mol.